The van der Waals surface area contributed by atoms with Gasteiger partial charge in [0.2, 0.25) is 10.0 Å². The molecule has 1 aliphatic heterocycles. The zero-order valence-electron chi connectivity index (χ0n) is 24.1. The minimum Gasteiger partial charge on any atom is -0.497 e. The summed E-state index contributed by atoms with van der Waals surface area (Å²) in [5.41, 5.74) is 3.04. The van der Waals surface area contributed by atoms with Crippen molar-refractivity contribution < 1.29 is 23.1 Å². The van der Waals surface area contributed by atoms with E-state index in [4.69, 9.17) is 4.74 Å². The standard InChI is InChI=1S/C33H41N3O5S/c1-41-29-17-8-11-25(21-29)23-34-31(26-12-5-6-13-26)32(37)30(35-33(38)27-14-3-2-4-15-27)22-24-10-7-16-28(20-24)36-18-9-19-42(36,39)40/h2-4,7-8,10-11,14-17,20-21,26,30-32,34,37H,5-6,9,12-13,18-19,22-23H2,1H3,(H,35,38)/t30-,31?,32+/m0/s1. The molecule has 1 heterocycles. The van der Waals surface area contributed by atoms with E-state index >= 15 is 0 Å². The van der Waals surface area contributed by atoms with E-state index in [9.17, 15) is 18.3 Å². The molecule has 3 aromatic carbocycles. The first kappa shape index (κ1) is 30.1. The molecule has 0 radical (unpaired) electrons. The molecule has 3 atom stereocenters. The van der Waals surface area contributed by atoms with E-state index in [-0.39, 0.29) is 23.6 Å². The molecule has 8 nitrogen and oxygen atoms in total. The lowest BCUT2D eigenvalue weighted by Gasteiger charge is -2.35. The van der Waals surface area contributed by atoms with E-state index in [1.807, 2.05) is 60.7 Å². The maximum atomic E-state index is 13.4. The number of benzene rings is 3. The van der Waals surface area contributed by atoms with Gasteiger partial charge < -0.3 is 20.5 Å². The van der Waals surface area contributed by atoms with Crippen LogP contribution in [0.25, 0.3) is 0 Å². The maximum Gasteiger partial charge on any atom is 0.251 e. The number of rotatable bonds is 12. The number of carbonyl (C=O) groups excluding carboxylic acids is 1. The fourth-order valence-corrected chi connectivity index (χ4v) is 7.83. The second kappa shape index (κ2) is 13.7. The largest absolute Gasteiger partial charge is 0.497 e. The van der Waals surface area contributed by atoms with Gasteiger partial charge in [0.15, 0.2) is 0 Å². The van der Waals surface area contributed by atoms with E-state index in [2.05, 4.69) is 10.6 Å². The molecule has 3 N–H and O–H groups in total. The second-order valence-electron chi connectivity index (χ2n) is 11.4. The van der Waals surface area contributed by atoms with Crippen LogP contribution in [0.5, 0.6) is 5.75 Å². The summed E-state index contributed by atoms with van der Waals surface area (Å²) in [4.78, 5) is 13.4. The number of nitrogens with zero attached hydrogens (tertiary/aromatic N) is 1. The maximum absolute atomic E-state index is 13.4. The first-order chi connectivity index (χ1) is 20.3. The lowest BCUT2D eigenvalue weighted by Crippen LogP contribution is -2.56. The Morgan fingerprint density at radius 2 is 1.71 bits per heavy atom. The summed E-state index contributed by atoms with van der Waals surface area (Å²) in [6.45, 7) is 1.01. The molecule has 5 rings (SSSR count). The highest BCUT2D eigenvalue weighted by Gasteiger charge is 2.36. The van der Waals surface area contributed by atoms with E-state index in [0.29, 0.717) is 37.2 Å². The Morgan fingerprint density at radius 1 is 0.976 bits per heavy atom. The monoisotopic (exact) mass is 591 g/mol. The molecular formula is C33H41N3O5S. The third-order valence-corrected chi connectivity index (χ3v) is 10.3. The van der Waals surface area contributed by atoms with E-state index in [1.54, 1.807) is 25.3 Å². The number of carbonyl (C=O) groups is 1. The molecule has 1 saturated carbocycles. The van der Waals surface area contributed by atoms with Crippen LogP contribution in [0.1, 0.15) is 53.6 Å². The van der Waals surface area contributed by atoms with Crippen LogP contribution in [0.15, 0.2) is 78.9 Å². The summed E-state index contributed by atoms with van der Waals surface area (Å²) in [6.07, 6.45) is 4.31. The van der Waals surface area contributed by atoms with Gasteiger partial charge in [-0.25, -0.2) is 8.42 Å². The van der Waals surface area contributed by atoms with Crippen molar-refractivity contribution in [2.75, 3.05) is 23.7 Å². The summed E-state index contributed by atoms with van der Waals surface area (Å²) >= 11 is 0. The van der Waals surface area contributed by atoms with Crippen LogP contribution in [0.3, 0.4) is 0 Å². The Labute approximate surface area is 249 Å². The molecule has 9 heteroatoms. The Bertz CT molecular complexity index is 1440. The van der Waals surface area contributed by atoms with Crippen molar-refractivity contribution in [2.24, 2.45) is 5.92 Å². The van der Waals surface area contributed by atoms with Crippen LogP contribution in [0.2, 0.25) is 0 Å². The Kier molecular flexibility index (Phi) is 9.82. The number of nitrogens with one attached hydrogen (secondary N) is 2. The first-order valence-corrected chi connectivity index (χ1v) is 16.4. The molecule has 0 bridgehead atoms. The van der Waals surface area contributed by atoms with Crippen molar-refractivity contribution in [1.82, 2.24) is 10.6 Å². The molecule has 1 unspecified atom stereocenters. The molecule has 1 amide bonds. The third-order valence-electron chi connectivity index (χ3n) is 8.47. The van der Waals surface area contributed by atoms with E-state index < -0.39 is 22.2 Å². The average Bonchev–Trinajstić information content (AvgIpc) is 3.67. The number of aliphatic hydroxyl groups excluding tert-OH is 1. The number of aliphatic hydroxyl groups is 1. The molecule has 3 aromatic rings. The fourth-order valence-electron chi connectivity index (χ4n) is 6.27. The highest BCUT2D eigenvalue weighted by Crippen LogP contribution is 2.31. The molecule has 2 fully saturated rings. The Morgan fingerprint density at radius 3 is 2.43 bits per heavy atom. The van der Waals surface area contributed by atoms with Gasteiger partial charge >= 0.3 is 0 Å². The zero-order valence-corrected chi connectivity index (χ0v) is 24.9. The number of methoxy groups -OCH3 is 1. The van der Waals surface area contributed by atoms with Crippen LogP contribution < -0.4 is 19.7 Å². The number of amides is 1. The Hall–Kier alpha value is -3.40. The van der Waals surface area contributed by atoms with Crippen molar-refractivity contribution >= 4 is 21.6 Å². The summed E-state index contributed by atoms with van der Waals surface area (Å²) < 4.78 is 32.0. The van der Waals surface area contributed by atoms with Gasteiger partial charge in [0.25, 0.3) is 5.91 Å². The molecule has 42 heavy (non-hydrogen) atoms. The normalized spacial score (nSPS) is 18.9. The van der Waals surface area contributed by atoms with Crippen molar-refractivity contribution in [3.63, 3.8) is 0 Å². The number of sulfonamides is 1. The average molecular weight is 592 g/mol. The number of ether oxygens (including phenoxy) is 1. The van der Waals surface area contributed by atoms with Gasteiger partial charge in [-0.3, -0.25) is 9.10 Å². The van der Waals surface area contributed by atoms with Gasteiger partial charge in [-0.05, 0) is 79.1 Å². The van der Waals surface area contributed by atoms with Crippen LogP contribution in [0.4, 0.5) is 5.69 Å². The summed E-state index contributed by atoms with van der Waals surface area (Å²) in [7, 11) is -1.68. The summed E-state index contributed by atoms with van der Waals surface area (Å²) in [5, 5.41) is 18.8. The fraction of sp³-hybridized carbons (Fsp3) is 0.424. The molecule has 1 saturated heterocycles. The SMILES string of the molecule is COc1cccc(CNC(C2CCCC2)[C@H](O)[C@H](Cc2cccc(N3CCCS3(=O)=O)c2)NC(=O)c2ccccc2)c1. The number of hydrogen-bond acceptors (Lipinski definition) is 6. The highest BCUT2D eigenvalue weighted by atomic mass is 32.2. The zero-order chi connectivity index (χ0) is 29.5. The van der Waals surface area contributed by atoms with Gasteiger partial charge in [-0.1, -0.05) is 55.3 Å². The highest BCUT2D eigenvalue weighted by molar-refractivity contribution is 7.93. The van der Waals surface area contributed by atoms with Crippen LogP contribution >= 0.6 is 0 Å². The molecule has 224 valence electrons. The van der Waals surface area contributed by atoms with Crippen molar-refractivity contribution in [3.8, 4) is 5.75 Å². The molecule has 0 aromatic heterocycles. The van der Waals surface area contributed by atoms with E-state index in [1.165, 1.54) is 4.31 Å². The first-order valence-electron chi connectivity index (χ1n) is 14.8. The summed E-state index contributed by atoms with van der Waals surface area (Å²) in [5.74, 6) is 0.937. The van der Waals surface area contributed by atoms with Crippen LogP contribution in [-0.2, 0) is 23.0 Å². The van der Waals surface area contributed by atoms with Crippen molar-refractivity contribution in [3.05, 3.63) is 95.6 Å². The van der Waals surface area contributed by atoms with E-state index in [0.717, 1.165) is 42.6 Å². The molecule has 1 aliphatic carbocycles. The lowest BCUT2D eigenvalue weighted by molar-refractivity contribution is 0.0552. The summed E-state index contributed by atoms with van der Waals surface area (Å²) in [6, 6.07) is 23.5. The lowest BCUT2D eigenvalue weighted by atomic mass is 9.87. The molecule has 0 spiro atoms. The van der Waals surface area contributed by atoms with Crippen LogP contribution in [-0.4, -0.2) is 57.0 Å². The Balaban J connectivity index is 1.41. The molecular weight excluding hydrogens is 550 g/mol. The number of anilines is 1. The quantitative estimate of drug-likeness (QED) is 0.290. The third kappa shape index (κ3) is 7.32. The molecule has 2 aliphatic rings. The second-order valence-corrected chi connectivity index (χ2v) is 13.4. The topological polar surface area (TPSA) is 108 Å². The van der Waals surface area contributed by atoms with Gasteiger partial charge in [0, 0.05) is 24.7 Å². The number of hydrogen-bond donors (Lipinski definition) is 3. The van der Waals surface area contributed by atoms with Gasteiger partial charge in [0.05, 0.1) is 30.7 Å². The minimum atomic E-state index is -3.32. The van der Waals surface area contributed by atoms with Crippen molar-refractivity contribution in [2.45, 2.75) is 63.3 Å². The van der Waals surface area contributed by atoms with Crippen LogP contribution in [0, 0.1) is 5.92 Å². The van der Waals surface area contributed by atoms with Gasteiger partial charge in [-0.15, -0.1) is 0 Å². The van der Waals surface area contributed by atoms with Gasteiger partial charge in [0.1, 0.15) is 5.75 Å². The smallest absolute Gasteiger partial charge is 0.251 e. The predicted molar refractivity (Wildman–Crippen MR) is 165 cm³/mol. The van der Waals surface area contributed by atoms with Gasteiger partial charge in [-0.2, -0.15) is 0 Å². The van der Waals surface area contributed by atoms with Crippen molar-refractivity contribution in [1.29, 1.82) is 0 Å². The predicted octanol–water partition coefficient (Wildman–Crippen LogP) is 4.29. The minimum absolute atomic E-state index is 0.147.